The molecule has 0 spiro atoms. The monoisotopic (exact) mass is 520 g/mol. The number of benzene rings is 4. The third kappa shape index (κ3) is 6.64. The van der Waals surface area contributed by atoms with E-state index in [9.17, 15) is 9.59 Å². The van der Waals surface area contributed by atoms with E-state index in [1.807, 2.05) is 77.7 Å². The predicted molar refractivity (Wildman–Crippen MR) is 154 cm³/mol. The Morgan fingerprint density at radius 1 is 0.846 bits per heavy atom. The normalized spacial score (nSPS) is 15.5. The van der Waals surface area contributed by atoms with E-state index in [1.54, 1.807) is 18.2 Å². The Morgan fingerprint density at radius 2 is 1.56 bits per heavy atom. The number of amides is 3. The van der Waals surface area contributed by atoms with Crippen molar-refractivity contribution in [3.63, 3.8) is 0 Å². The van der Waals surface area contributed by atoms with Gasteiger partial charge in [-0.25, -0.2) is 4.79 Å². The summed E-state index contributed by atoms with van der Waals surface area (Å²) in [6.45, 7) is 5.05. The number of hydrogen-bond donors (Lipinski definition) is 2. The second kappa shape index (κ2) is 11.8. The summed E-state index contributed by atoms with van der Waals surface area (Å²) >= 11 is 0. The van der Waals surface area contributed by atoms with Crippen molar-refractivity contribution < 1.29 is 14.3 Å². The van der Waals surface area contributed by atoms with E-state index in [4.69, 9.17) is 10.5 Å². The van der Waals surface area contributed by atoms with E-state index in [2.05, 4.69) is 29.3 Å². The number of hydrogen-bond acceptors (Lipinski definition) is 4. The number of para-hydroxylation sites is 1. The lowest BCUT2D eigenvalue weighted by molar-refractivity contribution is 0.0999. The summed E-state index contributed by atoms with van der Waals surface area (Å²) in [5.41, 5.74) is 9.51. The molecule has 3 amide bonds. The van der Waals surface area contributed by atoms with Crippen molar-refractivity contribution in [2.24, 2.45) is 5.73 Å². The van der Waals surface area contributed by atoms with Crippen LogP contribution in [-0.2, 0) is 6.54 Å². The highest BCUT2D eigenvalue weighted by atomic mass is 16.5. The van der Waals surface area contributed by atoms with Crippen LogP contribution in [0.15, 0.2) is 103 Å². The Balaban J connectivity index is 1.18. The number of primary amides is 1. The smallest absolute Gasteiger partial charge is 0.322 e. The first-order valence-corrected chi connectivity index (χ1v) is 13.1. The van der Waals surface area contributed by atoms with Crippen LogP contribution >= 0.6 is 0 Å². The fourth-order valence-corrected chi connectivity index (χ4v) is 4.89. The fraction of sp³-hybridized carbons (Fsp3) is 0.188. The molecule has 1 saturated heterocycles. The molecule has 0 bridgehead atoms. The number of anilines is 1. The highest BCUT2D eigenvalue weighted by Gasteiger charge is 2.27. The number of rotatable bonds is 7. The maximum absolute atomic E-state index is 13.2. The number of nitrogens with two attached hydrogens (primary N) is 1. The zero-order valence-corrected chi connectivity index (χ0v) is 21.9. The van der Waals surface area contributed by atoms with Gasteiger partial charge in [0, 0.05) is 43.5 Å². The first-order valence-electron chi connectivity index (χ1n) is 13.1. The third-order valence-corrected chi connectivity index (χ3v) is 6.85. The highest BCUT2D eigenvalue weighted by molar-refractivity contribution is 5.94. The summed E-state index contributed by atoms with van der Waals surface area (Å²) in [6.07, 6.45) is 0. The largest absolute Gasteiger partial charge is 0.457 e. The molecular formula is C32H32N4O3. The first-order chi connectivity index (χ1) is 18.9. The van der Waals surface area contributed by atoms with Crippen LogP contribution in [0.1, 0.15) is 22.8 Å². The average molecular weight is 521 g/mol. The Hall–Kier alpha value is -4.62. The lowest BCUT2D eigenvalue weighted by Crippen LogP contribution is -2.54. The number of carbonyl (C=O) groups excluding carboxylic acids is 2. The molecule has 198 valence electrons. The van der Waals surface area contributed by atoms with Gasteiger partial charge in [0.2, 0.25) is 5.91 Å². The number of ether oxygens (including phenoxy) is 1. The first kappa shape index (κ1) is 26.0. The van der Waals surface area contributed by atoms with Gasteiger partial charge in [-0.15, -0.1) is 0 Å². The second-order valence-corrected chi connectivity index (χ2v) is 9.80. The van der Waals surface area contributed by atoms with Crippen LogP contribution in [0, 0.1) is 0 Å². The van der Waals surface area contributed by atoms with Crippen LogP contribution in [0.25, 0.3) is 11.1 Å². The van der Waals surface area contributed by atoms with Crippen molar-refractivity contribution in [1.82, 2.24) is 9.80 Å². The molecule has 7 heteroatoms. The molecule has 5 rings (SSSR count). The van der Waals surface area contributed by atoms with Gasteiger partial charge in [0.25, 0.3) is 0 Å². The predicted octanol–water partition coefficient (Wildman–Crippen LogP) is 5.98. The summed E-state index contributed by atoms with van der Waals surface area (Å²) in [5, 5.41) is 3.05. The fourth-order valence-electron chi connectivity index (χ4n) is 4.89. The Morgan fingerprint density at radius 3 is 2.33 bits per heavy atom. The van der Waals surface area contributed by atoms with Crippen molar-refractivity contribution in [1.29, 1.82) is 0 Å². The standard InChI is InChI=1S/C32H32N4O3/c1-23-21-35(22-24-8-5-15-30(18-24)39-29-13-3-2-4-14-29)16-17-36(23)32(38)34-28-12-7-10-26(20-28)25-9-6-11-27(19-25)31(33)37/h2-15,18-20,23H,16-17,21-22H2,1H3,(H2,33,37)(H,34,38). The number of nitrogens with one attached hydrogen (secondary N) is 1. The zero-order chi connectivity index (χ0) is 27.2. The van der Waals surface area contributed by atoms with Crippen molar-refractivity contribution in [2.75, 3.05) is 25.0 Å². The molecule has 4 aromatic carbocycles. The Labute approximate surface area is 228 Å². The number of nitrogens with zero attached hydrogens (tertiary/aromatic N) is 2. The number of carbonyl (C=O) groups is 2. The average Bonchev–Trinajstić information content (AvgIpc) is 2.94. The molecular weight excluding hydrogens is 488 g/mol. The maximum Gasteiger partial charge on any atom is 0.322 e. The minimum absolute atomic E-state index is 0.0536. The molecule has 0 aliphatic carbocycles. The van der Waals surface area contributed by atoms with Gasteiger partial charge >= 0.3 is 6.03 Å². The summed E-state index contributed by atoms with van der Waals surface area (Å²) in [4.78, 5) is 29.0. The summed E-state index contributed by atoms with van der Waals surface area (Å²) < 4.78 is 5.99. The molecule has 1 aliphatic heterocycles. The molecule has 0 saturated carbocycles. The topological polar surface area (TPSA) is 87.9 Å². The zero-order valence-electron chi connectivity index (χ0n) is 21.9. The van der Waals surface area contributed by atoms with E-state index < -0.39 is 5.91 Å². The van der Waals surface area contributed by atoms with Crippen LogP contribution < -0.4 is 15.8 Å². The van der Waals surface area contributed by atoms with Crippen LogP contribution in [0.3, 0.4) is 0 Å². The molecule has 0 aromatic heterocycles. The van der Waals surface area contributed by atoms with E-state index in [0.29, 0.717) is 17.8 Å². The summed E-state index contributed by atoms with van der Waals surface area (Å²) in [7, 11) is 0. The van der Waals surface area contributed by atoms with Crippen molar-refractivity contribution in [2.45, 2.75) is 19.5 Å². The molecule has 1 heterocycles. The van der Waals surface area contributed by atoms with Gasteiger partial charge in [-0.3, -0.25) is 9.69 Å². The summed E-state index contributed by atoms with van der Waals surface area (Å²) in [6, 6.07) is 32.6. The Bertz CT molecular complexity index is 1460. The molecule has 39 heavy (non-hydrogen) atoms. The lowest BCUT2D eigenvalue weighted by atomic mass is 10.0. The van der Waals surface area contributed by atoms with Gasteiger partial charge in [0.1, 0.15) is 11.5 Å². The van der Waals surface area contributed by atoms with E-state index in [-0.39, 0.29) is 12.1 Å². The maximum atomic E-state index is 13.2. The van der Waals surface area contributed by atoms with Crippen LogP contribution in [0.4, 0.5) is 10.5 Å². The molecule has 1 fully saturated rings. The number of piperazine rings is 1. The molecule has 7 nitrogen and oxygen atoms in total. The van der Waals surface area contributed by atoms with Crippen LogP contribution in [-0.4, -0.2) is 47.4 Å². The van der Waals surface area contributed by atoms with Crippen molar-refractivity contribution >= 4 is 17.6 Å². The van der Waals surface area contributed by atoms with Gasteiger partial charge in [-0.2, -0.15) is 0 Å². The quantitative estimate of drug-likeness (QED) is 0.314. The van der Waals surface area contributed by atoms with Crippen LogP contribution in [0.2, 0.25) is 0 Å². The van der Waals surface area contributed by atoms with Gasteiger partial charge < -0.3 is 20.7 Å². The number of urea groups is 1. The highest BCUT2D eigenvalue weighted by Crippen LogP contribution is 2.25. The second-order valence-electron chi connectivity index (χ2n) is 9.80. The lowest BCUT2D eigenvalue weighted by Gasteiger charge is -2.39. The molecule has 3 N–H and O–H groups in total. The molecule has 4 aromatic rings. The molecule has 0 radical (unpaired) electrons. The van der Waals surface area contributed by atoms with Crippen LogP contribution in [0.5, 0.6) is 11.5 Å². The Kier molecular flexibility index (Phi) is 7.89. The molecule has 1 unspecified atom stereocenters. The summed E-state index contributed by atoms with van der Waals surface area (Å²) in [5.74, 6) is 1.16. The van der Waals surface area contributed by atoms with Gasteiger partial charge in [-0.05, 0) is 72.1 Å². The molecule has 1 aliphatic rings. The van der Waals surface area contributed by atoms with Crippen molar-refractivity contribution in [3.05, 3.63) is 114 Å². The van der Waals surface area contributed by atoms with E-state index in [0.717, 1.165) is 42.3 Å². The minimum atomic E-state index is -0.470. The van der Waals surface area contributed by atoms with Gasteiger partial charge in [0.15, 0.2) is 0 Å². The third-order valence-electron chi connectivity index (χ3n) is 6.85. The van der Waals surface area contributed by atoms with Crippen molar-refractivity contribution in [3.8, 4) is 22.6 Å². The van der Waals surface area contributed by atoms with E-state index in [1.165, 1.54) is 5.56 Å². The minimum Gasteiger partial charge on any atom is -0.457 e. The SMILES string of the molecule is CC1CN(Cc2cccc(Oc3ccccc3)c2)CCN1C(=O)Nc1cccc(-c2cccc(C(N)=O)c2)c1. The molecule has 1 atom stereocenters. The van der Waals surface area contributed by atoms with Gasteiger partial charge in [-0.1, -0.05) is 54.6 Å². The van der Waals surface area contributed by atoms with E-state index >= 15 is 0 Å². The van der Waals surface area contributed by atoms with Gasteiger partial charge in [0.05, 0.1) is 0 Å².